The van der Waals surface area contributed by atoms with Gasteiger partial charge in [-0.25, -0.2) is 0 Å². The van der Waals surface area contributed by atoms with E-state index >= 15 is 0 Å². The molecule has 2 aliphatic carbocycles. The van der Waals surface area contributed by atoms with Gasteiger partial charge in [0.25, 0.3) is 0 Å². The lowest BCUT2D eigenvalue weighted by atomic mass is 9.62. The predicted octanol–water partition coefficient (Wildman–Crippen LogP) is 4.58. The molecule has 3 atom stereocenters. The Hall–Kier alpha value is -0.520. The first-order valence-corrected chi connectivity index (χ1v) is 6.31. The minimum atomic E-state index is -0.355. The lowest BCUT2D eigenvalue weighted by Crippen LogP contribution is -2.33. The van der Waals surface area contributed by atoms with Gasteiger partial charge in [-0.1, -0.05) is 37.6 Å². The van der Waals surface area contributed by atoms with Gasteiger partial charge >= 0.3 is 0 Å². The van der Waals surface area contributed by atoms with Gasteiger partial charge in [0.1, 0.15) is 0 Å². The molecule has 0 aromatic heterocycles. The molecule has 0 nitrogen and oxygen atoms in total. The van der Waals surface area contributed by atoms with Crippen molar-refractivity contribution in [1.82, 2.24) is 0 Å². The predicted molar refractivity (Wildman–Crippen MR) is 66.7 cm³/mol. The van der Waals surface area contributed by atoms with E-state index in [1.165, 1.54) is 11.1 Å². The molecule has 0 saturated heterocycles. The van der Waals surface area contributed by atoms with Crippen LogP contribution in [0.1, 0.15) is 47.8 Å². The molecule has 0 heteroatoms. The lowest BCUT2D eigenvalue weighted by molar-refractivity contribution is 0.179. The van der Waals surface area contributed by atoms with Crippen LogP contribution in [0.4, 0.5) is 0 Å². The van der Waals surface area contributed by atoms with Crippen LogP contribution in [0.3, 0.4) is 0 Å². The Labute approximate surface area is 95.9 Å². The number of rotatable bonds is 1. The Bertz CT molecular complexity index is 326. The van der Waals surface area contributed by atoms with E-state index in [4.69, 9.17) is 1.37 Å². The monoisotopic (exact) mass is 205 g/mol. The van der Waals surface area contributed by atoms with E-state index in [-0.39, 0.29) is 5.89 Å². The van der Waals surface area contributed by atoms with Crippen LogP contribution in [0.5, 0.6) is 0 Å². The smallest absolute Gasteiger partial charge is 0.0355 e. The summed E-state index contributed by atoms with van der Waals surface area (Å²) in [5.41, 5.74) is 2.74. The summed E-state index contributed by atoms with van der Waals surface area (Å²) in [6, 6.07) is 0. The van der Waals surface area contributed by atoms with Gasteiger partial charge in [0.05, 0.1) is 0 Å². The molecule has 0 radical (unpaired) electrons. The van der Waals surface area contributed by atoms with Crippen LogP contribution in [-0.2, 0) is 0 Å². The highest BCUT2D eigenvalue weighted by Gasteiger charge is 2.36. The largest absolute Gasteiger partial charge is 0.0996 e. The van der Waals surface area contributed by atoms with Gasteiger partial charge in [0, 0.05) is 1.37 Å². The van der Waals surface area contributed by atoms with Gasteiger partial charge in [-0.05, 0) is 56.3 Å². The molecule has 0 spiro atoms. The number of hydrogen-bond acceptors (Lipinski definition) is 0. The van der Waals surface area contributed by atoms with E-state index in [1.807, 2.05) is 0 Å². The molecule has 0 aliphatic heterocycles. The standard InChI is InChI=1S/C15H24/c1-10(2)13-8-6-12(4)14-7-5-11(3)9-15(13)14/h9-10,13-15H,4-8H2,1-3H3/t13-,14-,15-/m1/s1/i15D. The molecule has 0 aromatic carbocycles. The maximum Gasteiger partial charge on any atom is 0.0355 e. The molecule has 0 amide bonds. The van der Waals surface area contributed by atoms with Crippen molar-refractivity contribution >= 4 is 0 Å². The fourth-order valence-electron chi connectivity index (χ4n) is 3.20. The average molecular weight is 205 g/mol. The SMILES string of the molecule is [2H][C@]12C=C(C)CC[C@@H]1C(=C)CC[C@@H]2C(C)C. The maximum atomic E-state index is 8.89. The minimum absolute atomic E-state index is 0.355. The molecule has 1 fully saturated rings. The summed E-state index contributed by atoms with van der Waals surface area (Å²) in [4.78, 5) is 0. The van der Waals surface area contributed by atoms with Crippen LogP contribution in [0.2, 0.25) is 0 Å². The van der Waals surface area contributed by atoms with Gasteiger partial charge < -0.3 is 0 Å². The third-order valence-electron chi connectivity index (χ3n) is 4.14. The van der Waals surface area contributed by atoms with Crippen molar-refractivity contribution in [3.8, 4) is 0 Å². The molecule has 2 rings (SSSR count). The lowest BCUT2D eigenvalue weighted by Gasteiger charge is -2.43. The molecule has 84 valence electrons. The van der Waals surface area contributed by atoms with Crippen molar-refractivity contribution in [3.63, 3.8) is 0 Å². The second kappa shape index (κ2) is 4.15. The van der Waals surface area contributed by atoms with Gasteiger partial charge in [0.15, 0.2) is 0 Å². The zero-order chi connectivity index (χ0) is 11.9. The first kappa shape index (κ1) is 9.69. The Kier molecular flexibility index (Phi) is 2.68. The van der Waals surface area contributed by atoms with Crippen molar-refractivity contribution in [2.75, 3.05) is 0 Å². The van der Waals surface area contributed by atoms with Crippen molar-refractivity contribution in [2.24, 2.45) is 23.6 Å². The van der Waals surface area contributed by atoms with Crippen LogP contribution >= 0.6 is 0 Å². The van der Waals surface area contributed by atoms with Crippen molar-refractivity contribution in [3.05, 3.63) is 23.8 Å². The summed E-state index contributed by atoms with van der Waals surface area (Å²) in [7, 11) is 0. The van der Waals surface area contributed by atoms with Crippen LogP contribution in [0.25, 0.3) is 0 Å². The molecule has 0 aromatic rings. The molecule has 2 aliphatic rings. The quantitative estimate of drug-likeness (QED) is 0.550. The van der Waals surface area contributed by atoms with Gasteiger partial charge in [-0.3, -0.25) is 0 Å². The molecule has 0 N–H and O–H groups in total. The summed E-state index contributed by atoms with van der Waals surface area (Å²) in [5.74, 6) is 1.18. The van der Waals surface area contributed by atoms with E-state index in [2.05, 4.69) is 33.4 Å². The molecule has 0 bridgehead atoms. The van der Waals surface area contributed by atoms with E-state index in [0.717, 1.165) is 25.7 Å². The van der Waals surface area contributed by atoms with Crippen molar-refractivity contribution in [2.45, 2.75) is 46.5 Å². The number of hydrogen-bond donors (Lipinski definition) is 0. The van der Waals surface area contributed by atoms with Crippen LogP contribution in [-0.4, -0.2) is 0 Å². The first-order chi connectivity index (χ1) is 7.45. The third kappa shape index (κ3) is 2.04. The fraction of sp³-hybridized carbons (Fsp3) is 0.733. The third-order valence-corrected chi connectivity index (χ3v) is 4.14. The first-order valence-electron chi connectivity index (χ1n) is 6.81. The molecular weight excluding hydrogens is 180 g/mol. The summed E-state index contributed by atoms with van der Waals surface area (Å²) < 4.78 is 8.89. The molecule has 0 unspecified atom stereocenters. The van der Waals surface area contributed by atoms with E-state index < -0.39 is 0 Å². The normalized spacial score (nSPS) is 42.3. The van der Waals surface area contributed by atoms with Crippen LogP contribution in [0, 0.1) is 23.6 Å². The second-order valence-corrected chi connectivity index (χ2v) is 5.63. The second-order valence-electron chi connectivity index (χ2n) is 5.63. The van der Waals surface area contributed by atoms with E-state index in [9.17, 15) is 0 Å². The summed E-state index contributed by atoms with van der Waals surface area (Å²) in [5, 5.41) is 0. The highest BCUT2D eigenvalue weighted by atomic mass is 14.4. The van der Waals surface area contributed by atoms with Crippen molar-refractivity contribution in [1.29, 1.82) is 0 Å². The summed E-state index contributed by atoms with van der Waals surface area (Å²) in [6.07, 6.45) is 6.85. The van der Waals surface area contributed by atoms with Crippen LogP contribution < -0.4 is 0 Å². The molecule has 1 saturated carbocycles. The van der Waals surface area contributed by atoms with Crippen LogP contribution in [0.15, 0.2) is 23.8 Å². The minimum Gasteiger partial charge on any atom is -0.0996 e. The van der Waals surface area contributed by atoms with E-state index in [1.54, 1.807) is 0 Å². The van der Waals surface area contributed by atoms with Gasteiger partial charge in [-0.15, -0.1) is 0 Å². The molecule has 15 heavy (non-hydrogen) atoms. The molecular formula is C15H24. The fourth-order valence-corrected chi connectivity index (χ4v) is 3.20. The number of fused-ring (bicyclic) bond motifs is 1. The Morgan fingerprint density at radius 3 is 2.80 bits per heavy atom. The average Bonchev–Trinajstić information content (AvgIpc) is 2.15. The Morgan fingerprint density at radius 2 is 2.13 bits per heavy atom. The van der Waals surface area contributed by atoms with Gasteiger partial charge in [0.2, 0.25) is 0 Å². The Morgan fingerprint density at radius 1 is 1.40 bits per heavy atom. The maximum absolute atomic E-state index is 8.89. The zero-order valence-electron chi connectivity index (χ0n) is 11.3. The number of allylic oxidation sites excluding steroid dienone is 3. The van der Waals surface area contributed by atoms with Crippen molar-refractivity contribution < 1.29 is 1.37 Å². The summed E-state index contributed by atoms with van der Waals surface area (Å²) >= 11 is 0. The highest BCUT2D eigenvalue weighted by Crippen LogP contribution is 2.47. The molecule has 0 heterocycles. The zero-order valence-corrected chi connectivity index (χ0v) is 10.3. The van der Waals surface area contributed by atoms with Gasteiger partial charge in [-0.2, -0.15) is 0 Å². The topological polar surface area (TPSA) is 0 Å². The van der Waals surface area contributed by atoms with E-state index in [0.29, 0.717) is 17.8 Å². The Balaban J connectivity index is 2.39. The summed E-state index contributed by atoms with van der Waals surface area (Å²) in [6.45, 7) is 10.9. The highest BCUT2D eigenvalue weighted by molar-refractivity contribution is 5.19.